The van der Waals surface area contributed by atoms with Crippen LogP contribution in [0.2, 0.25) is 0 Å². The van der Waals surface area contributed by atoms with E-state index in [-0.39, 0.29) is 18.2 Å². The van der Waals surface area contributed by atoms with Crippen molar-refractivity contribution >= 4 is 27.9 Å². The van der Waals surface area contributed by atoms with Crippen molar-refractivity contribution in [1.29, 1.82) is 0 Å². The van der Waals surface area contributed by atoms with Crippen molar-refractivity contribution in [2.45, 2.75) is 38.3 Å². The third-order valence-corrected chi connectivity index (χ3v) is 6.41. The van der Waals surface area contributed by atoms with Gasteiger partial charge in [0.2, 0.25) is 5.91 Å². The fraction of sp³-hybridized carbons (Fsp3) is 0.500. The number of amides is 2. The van der Waals surface area contributed by atoms with Gasteiger partial charge in [-0.05, 0) is 30.9 Å². The first-order chi connectivity index (χ1) is 13.4. The summed E-state index contributed by atoms with van der Waals surface area (Å²) in [5.41, 5.74) is 0.766. The number of likely N-dealkylation sites (tertiary alicyclic amines) is 1. The van der Waals surface area contributed by atoms with E-state index in [2.05, 4.69) is 0 Å². The van der Waals surface area contributed by atoms with Crippen LogP contribution in [0.4, 0.5) is 4.79 Å². The van der Waals surface area contributed by atoms with E-state index in [0.717, 1.165) is 17.4 Å². The van der Waals surface area contributed by atoms with Crippen LogP contribution in [-0.4, -0.2) is 67.8 Å². The quantitative estimate of drug-likeness (QED) is 0.724. The molecule has 2 heterocycles. The van der Waals surface area contributed by atoms with E-state index in [4.69, 9.17) is 4.74 Å². The largest absolute Gasteiger partial charge is 0.444 e. The maximum atomic E-state index is 12.4. The lowest BCUT2D eigenvalue weighted by Crippen LogP contribution is -2.48. The van der Waals surface area contributed by atoms with E-state index >= 15 is 0 Å². The molecule has 1 aromatic rings. The highest BCUT2D eigenvalue weighted by molar-refractivity contribution is 7.95. The van der Waals surface area contributed by atoms with Gasteiger partial charge >= 0.3 is 6.09 Å². The Hall–Kier alpha value is -2.35. The molecule has 0 spiro atoms. The lowest BCUT2D eigenvalue weighted by atomic mass is 10.0. The molecule has 28 heavy (non-hydrogen) atoms. The lowest BCUT2D eigenvalue weighted by molar-refractivity contribution is -0.129. The molecule has 2 fully saturated rings. The first kappa shape index (κ1) is 20.4. The molecule has 0 aliphatic carbocycles. The van der Waals surface area contributed by atoms with Crippen LogP contribution in [0.3, 0.4) is 0 Å². The number of hydrogen-bond donors (Lipinski definition) is 0. The molecule has 1 aromatic carbocycles. The Morgan fingerprint density at radius 3 is 2.50 bits per heavy atom. The fourth-order valence-electron chi connectivity index (χ4n) is 3.54. The van der Waals surface area contributed by atoms with Gasteiger partial charge in [0.05, 0.1) is 6.54 Å². The molecule has 0 radical (unpaired) electrons. The summed E-state index contributed by atoms with van der Waals surface area (Å²) < 4.78 is 29.8. The topological polar surface area (TPSA) is 84.0 Å². The zero-order valence-corrected chi connectivity index (χ0v) is 16.8. The first-order valence-corrected chi connectivity index (χ1v) is 11.3. The Morgan fingerprint density at radius 2 is 1.89 bits per heavy atom. The van der Waals surface area contributed by atoms with E-state index in [1.54, 1.807) is 21.9 Å². The molecule has 2 aliphatic rings. The van der Waals surface area contributed by atoms with Crippen LogP contribution in [0.25, 0.3) is 6.08 Å². The number of carbonyl (C=O) groups is 2. The van der Waals surface area contributed by atoms with Crippen LogP contribution >= 0.6 is 0 Å². The molecule has 2 amide bonds. The maximum Gasteiger partial charge on any atom is 0.410 e. The van der Waals surface area contributed by atoms with Crippen LogP contribution in [0, 0.1) is 0 Å². The Bertz CT molecular complexity index is 829. The van der Waals surface area contributed by atoms with Crippen LogP contribution in [0.15, 0.2) is 35.7 Å². The molecule has 152 valence electrons. The number of ether oxygens (including phenoxy) is 1. The highest BCUT2D eigenvalue weighted by Gasteiger charge is 2.37. The van der Waals surface area contributed by atoms with Crippen molar-refractivity contribution in [2.24, 2.45) is 0 Å². The van der Waals surface area contributed by atoms with Gasteiger partial charge in [0, 0.05) is 24.5 Å². The van der Waals surface area contributed by atoms with Crippen molar-refractivity contribution in [3.8, 4) is 0 Å². The molecule has 2 saturated heterocycles. The SMILES string of the molecule is CCC1CN(C2CCN(C(=O)CS(=O)(=O)C=Cc3ccccc3)CC2)C(=O)O1. The molecular weight excluding hydrogens is 380 g/mol. The molecule has 1 unspecified atom stereocenters. The average Bonchev–Trinajstić information content (AvgIpc) is 3.08. The van der Waals surface area contributed by atoms with Crippen molar-refractivity contribution in [3.05, 3.63) is 41.3 Å². The summed E-state index contributed by atoms with van der Waals surface area (Å²) in [4.78, 5) is 27.7. The molecule has 1 atom stereocenters. The minimum atomic E-state index is -3.63. The third kappa shape index (κ3) is 5.13. The van der Waals surface area contributed by atoms with E-state index < -0.39 is 21.5 Å². The van der Waals surface area contributed by atoms with Gasteiger partial charge in [-0.15, -0.1) is 0 Å². The number of hydrogen-bond acceptors (Lipinski definition) is 5. The monoisotopic (exact) mass is 406 g/mol. The summed E-state index contributed by atoms with van der Waals surface area (Å²) in [6.07, 6.45) is 3.21. The van der Waals surface area contributed by atoms with Gasteiger partial charge in [-0.25, -0.2) is 13.2 Å². The number of cyclic esters (lactones) is 1. The van der Waals surface area contributed by atoms with Gasteiger partial charge in [-0.3, -0.25) is 4.79 Å². The molecule has 3 rings (SSSR count). The smallest absolute Gasteiger partial charge is 0.410 e. The van der Waals surface area contributed by atoms with Crippen molar-refractivity contribution < 1.29 is 22.7 Å². The van der Waals surface area contributed by atoms with Crippen molar-refractivity contribution in [3.63, 3.8) is 0 Å². The summed E-state index contributed by atoms with van der Waals surface area (Å²) in [6.45, 7) is 3.46. The summed E-state index contributed by atoms with van der Waals surface area (Å²) in [7, 11) is -3.63. The summed E-state index contributed by atoms with van der Waals surface area (Å²) in [5.74, 6) is -0.934. The molecule has 7 nitrogen and oxygen atoms in total. The van der Waals surface area contributed by atoms with Gasteiger partial charge in [-0.1, -0.05) is 37.3 Å². The zero-order valence-electron chi connectivity index (χ0n) is 16.0. The number of rotatable bonds is 6. The number of benzene rings is 1. The maximum absolute atomic E-state index is 12.4. The van der Waals surface area contributed by atoms with E-state index in [9.17, 15) is 18.0 Å². The number of sulfone groups is 1. The molecule has 0 N–H and O–H groups in total. The zero-order chi connectivity index (χ0) is 20.1. The van der Waals surface area contributed by atoms with Crippen molar-refractivity contribution in [2.75, 3.05) is 25.4 Å². The Kier molecular flexibility index (Phi) is 6.39. The van der Waals surface area contributed by atoms with Crippen LogP contribution < -0.4 is 0 Å². The number of piperidine rings is 1. The van der Waals surface area contributed by atoms with Crippen LogP contribution in [-0.2, 0) is 19.4 Å². The van der Waals surface area contributed by atoms with Gasteiger partial charge in [0.1, 0.15) is 11.9 Å². The first-order valence-electron chi connectivity index (χ1n) is 9.59. The lowest BCUT2D eigenvalue weighted by Gasteiger charge is -2.35. The highest BCUT2D eigenvalue weighted by Crippen LogP contribution is 2.23. The van der Waals surface area contributed by atoms with E-state index in [0.29, 0.717) is 32.5 Å². The Morgan fingerprint density at radius 1 is 1.21 bits per heavy atom. The minimum absolute atomic E-state index is 0.0442. The van der Waals surface area contributed by atoms with E-state index in [1.807, 2.05) is 25.1 Å². The molecule has 8 heteroatoms. The third-order valence-electron chi connectivity index (χ3n) is 5.21. The second kappa shape index (κ2) is 8.77. The Balaban J connectivity index is 1.51. The predicted molar refractivity (Wildman–Crippen MR) is 106 cm³/mol. The summed E-state index contributed by atoms with van der Waals surface area (Å²) in [5, 5.41) is 1.10. The second-order valence-corrected chi connectivity index (χ2v) is 9.09. The predicted octanol–water partition coefficient (Wildman–Crippen LogP) is 2.29. The molecular formula is C20H26N2O5S. The molecule has 2 aliphatic heterocycles. The molecule has 0 aromatic heterocycles. The fourth-order valence-corrected chi connectivity index (χ4v) is 4.52. The number of nitrogens with zero attached hydrogens (tertiary/aromatic N) is 2. The molecule has 0 saturated carbocycles. The second-order valence-electron chi connectivity index (χ2n) is 7.20. The Labute approximate surface area is 165 Å². The van der Waals surface area contributed by atoms with E-state index in [1.165, 1.54) is 6.08 Å². The minimum Gasteiger partial charge on any atom is -0.444 e. The van der Waals surface area contributed by atoms with Crippen molar-refractivity contribution in [1.82, 2.24) is 9.80 Å². The normalized spacial score (nSPS) is 21.3. The van der Waals surface area contributed by atoms with Gasteiger partial charge < -0.3 is 14.5 Å². The summed E-state index contributed by atoms with van der Waals surface area (Å²) >= 11 is 0. The molecule has 0 bridgehead atoms. The standard InChI is InChI=1S/C20H26N2O5S/c1-2-18-14-22(20(24)27-18)17-8-11-21(12-9-17)19(23)15-28(25,26)13-10-16-6-4-3-5-7-16/h3-7,10,13,17-18H,2,8-9,11-12,14-15H2,1H3. The number of carbonyl (C=O) groups excluding carboxylic acids is 2. The van der Waals surface area contributed by atoms with Gasteiger partial charge in [0.15, 0.2) is 9.84 Å². The van der Waals surface area contributed by atoms with Crippen LogP contribution in [0.5, 0.6) is 0 Å². The average molecular weight is 407 g/mol. The van der Waals surface area contributed by atoms with Gasteiger partial charge in [-0.2, -0.15) is 0 Å². The highest BCUT2D eigenvalue weighted by atomic mass is 32.2. The van der Waals surface area contributed by atoms with Gasteiger partial charge in [0.25, 0.3) is 0 Å². The summed E-state index contributed by atoms with van der Waals surface area (Å²) in [6, 6.07) is 9.13. The van der Waals surface area contributed by atoms with Crippen LogP contribution in [0.1, 0.15) is 31.7 Å².